The molecule has 0 unspecified atom stereocenters. The minimum atomic E-state index is -1.43. The van der Waals surface area contributed by atoms with Crippen LogP contribution in [0.15, 0.2) is 35.3 Å². The van der Waals surface area contributed by atoms with Gasteiger partial charge in [0.15, 0.2) is 17.5 Å². The van der Waals surface area contributed by atoms with Gasteiger partial charge >= 0.3 is 0 Å². The highest BCUT2D eigenvalue weighted by molar-refractivity contribution is 6.38. The lowest BCUT2D eigenvalue weighted by Crippen LogP contribution is -2.60. The molecule has 0 aliphatic carbocycles. The fraction of sp³-hybridized carbons (Fsp3) is 0.585. The number of nitrogens with two attached hydrogens (primary N) is 2. The van der Waals surface area contributed by atoms with Crippen molar-refractivity contribution in [2.24, 2.45) is 28.3 Å². The Kier molecular flexibility index (Phi) is 19.0. The lowest BCUT2D eigenvalue weighted by atomic mass is 9.96. The Bertz CT molecular complexity index is 1830. The molecule has 2 aliphatic heterocycles. The maximum Gasteiger partial charge on any atom is 0.290 e. The van der Waals surface area contributed by atoms with Gasteiger partial charge in [0.2, 0.25) is 41.2 Å². The second kappa shape index (κ2) is 23.5. The summed E-state index contributed by atoms with van der Waals surface area (Å²) in [5.41, 5.74) is 11.4. The molecule has 1 aromatic carbocycles. The van der Waals surface area contributed by atoms with E-state index in [2.05, 4.69) is 36.9 Å². The summed E-state index contributed by atoms with van der Waals surface area (Å²) in [4.78, 5) is 114. The molecular formula is C41H62N10O10. The molecular weight excluding hydrogens is 793 g/mol. The minimum Gasteiger partial charge on any atom is -0.504 e. The van der Waals surface area contributed by atoms with Gasteiger partial charge in [-0.2, -0.15) is 0 Å². The molecule has 61 heavy (non-hydrogen) atoms. The largest absolute Gasteiger partial charge is 0.504 e. The number of benzene rings is 1. The van der Waals surface area contributed by atoms with Gasteiger partial charge in [-0.25, -0.2) is 0 Å². The van der Waals surface area contributed by atoms with Gasteiger partial charge in [0.25, 0.3) is 5.91 Å². The smallest absolute Gasteiger partial charge is 0.290 e. The molecule has 0 aromatic heterocycles. The Morgan fingerprint density at radius 3 is 2.34 bits per heavy atom. The number of hydrogen-bond donors (Lipinski definition) is 10. The maximum atomic E-state index is 14.2. The van der Waals surface area contributed by atoms with Crippen LogP contribution in [0.2, 0.25) is 0 Å². The van der Waals surface area contributed by atoms with E-state index in [0.29, 0.717) is 18.4 Å². The Morgan fingerprint density at radius 1 is 0.967 bits per heavy atom. The first-order chi connectivity index (χ1) is 28.8. The van der Waals surface area contributed by atoms with E-state index in [1.165, 1.54) is 36.1 Å². The summed E-state index contributed by atoms with van der Waals surface area (Å²) in [5, 5.41) is 35.8. The van der Waals surface area contributed by atoms with Gasteiger partial charge in [0, 0.05) is 32.1 Å². The molecule has 20 heteroatoms. The molecule has 0 bridgehead atoms. The number of phenols is 2. The quantitative estimate of drug-likeness (QED) is 0.0350. The molecule has 2 heterocycles. The molecule has 20 nitrogen and oxygen atoms in total. The number of hydrogen-bond acceptors (Lipinski definition) is 11. The summed E-state index contributed by atoms with van der Waals surface area (Å²) in [6.07, 6.45) is 4.37. The van der Waals surface area contributed by atoms with E-state index in [1.54, 1.807) is 13.8 Å². The number of carbonyl (C=O) groups excluding carboxylic acids is 8. The molecule has 1 saturated heterocycles. The molecule has 1 aromatic rings. The highest BCUT2D eigenvalue weighted by atomic mass is 16.3. The summed E-state index contributed by atoms with van der Waals surface area (Å²) in [7, 11) is 0. The zero-order valence-corrected chi connectivity index (χ0v) is 35.5. The number of guanidine groups is 1. The number of fused-ring (bicyclic) bond motifs is 1. The average molecular weight is 855 g/mol. The third-order valence-electron chi connectivity index (χ3n) is 10.8. The number of Topliss-reactive ketones (excluding diaryl/α,β-unsaturated/α-hetero) is 1. The average Bonchev–Trinajstić information content (AvgIpc) is 3.71. The third-order valence-corrected chi connectivity index (χ3v) is 10.8. The predicted octanol–water partition coefficient (Wildman–Crippen LogP) is -1.13. The summed E-state index contributed by atoms with van der Waals surface area (Å²) in [6, 6.07) is -3.25. The highest BCUT2D eigenvalue weighted by Crippen LogP contribution is 2.26. The number of rotatable bonds is 14. The van der Waals surface area contributed by atoms with E-state index in [1.807, 2.05) is 13.8 Å². The van der Waals surface area contributed by atoms with Crippen molar-refractivity contribution in [3.8, 4) is 11.5 Å². The Hall–Kier alpha value is -6.21. The number of amides is 7. The lowest BCUT2D eigenvalue weighted by Gasteiger charge is -2.30. The second-order valence-electron chi connectivity index (χ2n) is 15.7. The topological polar surface area (TPSA) is 317 Å². The lowest BCUT2D eigenvalue weighted by molar-refractivity contribution is -0.144. The Balaban J connectivity index is 2.06. The summed E-state index contributed by atoms with van der Waals surface area (Å²) in [6.45, 7) is 8.44. The van der Waals surface area contributed by atoms with Crippen LogP contribution < -0.4 is 43.4 Å². The number of phenolic OH excluding ortho intramolecular Hbond substituents is 2. The van der Waals surface area contributed by atoms with E-state index < -0.39 is 95.7 Å². The number of nitrogens with zero attached hydrogens (tertiary/aromatic N) is 2. The zero-order chi connectivity index (χ0) is 45.4. The van der Waals surface area contributed by atoms with Crippen LogP contribution in [0.4, 0.5) is 0 Å². The van der Waals surface area contributed by atoms with Crippen LogP contribution in [-0.2, 0) is 44.8 Å². The Labute approximate surface area is 355 Å². The molecule has 8 atom stereocenters. The molecule has 12 N–H and O–H groups in total. The first-order valence-corrected chi connectivity index (χ1v) is 20.7. The van der Waals surface area contributed by atoms with Crippen LogP contribution in [0.3, 0.4) is 0 Å². The van der Waals surface area contributed by atoms with Gasteiger partial charge in [0.05, 0.1) is 12.1 Å². The molecule has 336 valence electrons. The van der Waals surface area contributed by atoms with E-state index >= 15 is 0 Å². The molecule has 7 amide bonds. The third kappa shape index (κ3) is 15.1. The van der Waals surface area contributed by atoms with E-state index in [4.69, 9.17) is 11.5 Å². The summed E-state index contributed by atoms with van der Waals surface area (Å²) >= 11 is 0. The molecule has 0 saturated carbocycles. The summed E-state index contributed by atoms with van der Waals surface area (Å²) < 4.78 is 0. The van der Waals surface area contributed by atoms with Crippen molar-refractivity contribution >= 4 is 53.1 Å². The number of nitrogens with one attached hydrogen (secondary N) is 6. The molecule has 3 rings (SSSR count). The Morgan fingerprint density at radius 2 is 1.69 bits per heavy atom. The van der Waals surface area contributed by atoms with Crippen molar-refractivity contribution < 1.29 is 48.6 Å². The SMILES string of the molecule is CC[C@@H](C)CC(=O)N[C@H](C)C(=O)N[C@H]1CNC(=O)/C=C/[C@H](Cc2ccc(O)c(O)c2)NC(=O)[C@@H]([C@H](C)CC)NC(=O)C(=O)[C@@H](CCCN=C(N)N)NC(=O)[C@H]2CCCN2C1=O. The first-order valence-electron chi connectivity index (χ1n) is 20.7. The van der Waals surface area contributed by atoms with Crippen molar-refractivity contribution in [3.05, 3.63) is 35.9 Å². The fourth-order valence-corrected chi connectivity index (χ4v) is 6.79. The number of ketones is 1. The molecule has 0 spiro atoms. The van der Waals surface area contributed by atoms with Crippen molar-refractivity contribution in [3.63, 3.8) is 0 Å². The maximum absolute atomic E-state index is 14.2. The van der Waals surface area contributed by atoms with Crippen molar-refractivity contribution in [2.75, 3.05) is 19.6 Å². The van der Waals surface area contributed by atoms with Crippen molar-refractivity contribution in [1.82, 2.24) is 36.8 Å². The normalized spacial score (nSPS) is 23.9. The highest BCUT2D eigenvalue weighted by Gasteiger charge is 2.40. The van der Waals surface area contributed by atoms with E-state index in [9.17, 15) is 48.6 Å². The van der Waals surface area contributed by atoms with Crippen LogP contribution in [0.5, 0.6) is 11.5 Å². The van der Waals surface area contributed by atoms with Crippen LogP contribution in [0, 0.1) is 11.8 Å². The van der Waals surface area contributed by atoms with Gasteiger partial charge in [-0.3, -0.25) is 43.3 Å². The van der Waals surface area contributed by atoms with Crippen molar-refractivity contribution in [2.45, 2.75) is 122 Å². The standard InChI is InChI=1S/C41H62N10O10/c1-6-22(3)18-33(55)46-24(5)36(57)49-28-21-45-32(54)15-13-26(19-25-12-14-30(52)31(53)20-25)47-38(59)34(23(4)7-2)50-39(60)35(56)27(10-8-16-44-41(42)43)48-37(58)29-11-9-17-51(29)40(28)61/h12-15,20,22-24,26-29,34,52-53H,6-11,16-19,21H2,1-5H3,(H,45,54)(H,46,55)(H,47,59)(H,48,58)(H,49,57)(H,50,60)(H4,42,43,44)/b15-13+/t22-,23-,24-,26-,27-,28+,29-,34-/m1/s1. The van der Waals surface area contributed by atoms with Gasteiger partial charge in [-0.15, -0.1) is 0 Å². The predicted molar refractivity (Wildman–Crippen MR) is 224 cm³/mol. The van der Waals surface area contributed by atoms with E-state index in [-0.39, 0.29) is 68.7 Å². The van der Waals surface area contributed by atoms with Gasteiger partial charge in [-0.05, 0) is 68.6 Å². The number of aliphatic imine (C=N–C) groups is 1. The first kappa shape index (κ1) is 49.2. The monoisotopic (exact) mass is 854 g/mol. The van der Waals surface area contributed by atoms with Gasteiger partial charge in [0.1, 0.15) is 24.2 Å². The van der Waals surface area contributed by atoms with Crippen LogP contribution >= 0.6 is 0 Å². The number of aromatic hydroxyl groups is 2. The summed E-state index contributed by atoms with van der Waals surface area (Å²) in [5.74, 6) is -7.68. The van der Waals surface area contributed by atoms with Crippen LogP contribution in [0.25, 0.3) is 0 Å². The van der Waals surface area contributed by atoms with Crippen LogP contribution in [0.1, 0.15) is 85.1 Å². The van der Waals surface area contributed by atoms with Crippen molar-refractivity contribution in [1.29, 1.82) is 0 Å². The zero-order valence-electron chi connectivity index (χ0n) is 35.5. The molecule has 2 aliphatic rings. The van der Waals surface area contributed by atoms with Gasteiger partial charge < -0.3 is 58.5 Å². The molecule has 1 fully saturated rings. The molecule has 0 radical (unpaired) electrons. The number of carbonyl (C=O) groups is 8. The second-order valence-corrected chi connectivity index (χ2v) is 15.7. The van der Waals surface area contributed by atoms with Gasteiger partial charge in [-0.1, -0.05) is 52.7 Å². The van der Waals surface area contributed by atoms with Crippen LogP contribution in [-0.4, -0.2) is 124 Å². The fourth-order valence-electron chi connectivity index (χ4n) is 6.79. The minimum absolute atomic E-state index is 0.0124. The van der Waals surface area contributed by atoms with E-state index in [0.717, 1.165) is 12.5 Å².